The maximum atomic E-state index is 9.45. The van der Waals surface area contributed by atoms with Gasteiger partial charge in [-0.25, -0.2) is 0 Å². The van der Waals surface area contributed by atoms with E-state index < -0.39 is 0 Å². The first-order valence-corrected chi connectivity index (χ1v) is 5.77. The predicted octanol–water partition coefficient (Wildman–Crippen LogP) is 2.86. The summed E-state index contributed by atoms with van der Waals surface area (Å²) in [5.74, 6) is 0.680. The van der Waals surface area contributed by atoms with Gasteiger partial charge in [-0.2, -0.15) is 0 Å². The molecule has 3 heteroatoms. The smallest absolute Gasteiger partial charge is 0.160 e. The van der Waals surface area contributed by atoms with Gasteiger partial charge in [-0.05, 0) is 30.5 Å². The lowest BCUT2D eigenvalue weighted by Gasteiger charge is -2.12. The summed E-state index contributed by atoms with van der Waals surface area (Å²) >= 11 is 0. The van der Waals surface area contributed by atoms with E-state index in [1.54, 1.807) is 13.2 Å². The Morgan fingerprint density at radius 1 is 1.31 bits per heavy atom. The lowest BCUT2D eigenvalue weighted by molar-refractivity contribution is 0.0456. The summed E-state index contributed by atoms with van der Waals surface area (Å²) in [6.45, 7) is 0.599. The Kier molecular flexibility index (Phi) is 3.67. The predicted molar refractivity (Wildman–Crippen MR) is 61.7 cm³/mol. The lowest BCUT2D eigenvalue weighted by atomic mass is 10.2. The van der Waals surface area contributed by atoms with Crippen LogP contribution in [0, 0.1) is 0 Å². The molecule has 0 bridgehead atoms. The number of benzene rings is 1. The van der Waals surface area contributed by atoms with Crippen LogP contribution >= 0.6 is 0 Å². The van der Waals surface area contributed by atoms with E-state index in [-0.39, 0.29) is 5.75 Å². The van der Waals surface area contributed by atoms with E-state index in [1.165, 1.54) is 25.7 Å². The molecule has 1 aromatic carbocycles. The molecule has 88 valence electrons. The Balaban J connectivity index is 1.93. The Morgan fingerprint density at radius 3 is 2.75 bits per heavy atom. The van der Waals surface area contributed by atoms with Gasteiger partial charge in [0, 0.05) is 0 Å². The van der Waals surface area contributed by atoms with E-state index in [9.17, 15) is 5.11 Å². The normalized spacial score (nSPS) is 16.6. The average molecular weight is 222 g/mol. The van der Waals surface area contributed by atoms with Crippen LogP contribution in [0.2, 0.25) is 0 Å². The molecule has 0 amide bonds. The molecule has 0 heterocycles. The third kappa shape index (κ3) is 2.67. The fraction of sp³-hybridized carbons (Fsp3) is 0.538. The Hall–Kier alpha value is -1.22. The second-order valence-corrected chi connectivity index (χ2v) is 4.22. The van der Waals surface area contributed by atoms with Gasteiger partial charge in [0.05, 0.1) is 19.8 Å². The van der Waals surface area contributed by atoms with Crippen molar-refractivity contribution in [2.45, 2.75) is 38.4 Å². The van der Waals surface area contributed by atoms with Crippen LogP contribution in [0.5, 0.6) is 11.5 Å². The monoisotopic (exact) mass is 222 g/mol. The minimum Gasteiger partial charge on any atom is -0.504 e. The van der Waals surface area contributed by atoms with Crippen LogP contribution in [-0.2, 0) is 11.3 Å². The quantitative estimate of drug-likeness (QED) is 0.851. The topological polar surface area (TPSA) is 38.7 Å². The SMILES string of the molecule is COc1cc(COC2CCCC2)ccc1O. The maximum absolute atomic E-state index is 9.45. The maximum Gasteiger partial charge on any atom is 0.160 e. The summed E-state index contributed by atoms with van der Waals surface area (Å²) in [6.07, 6.45) is 5.33. The first-order valence-electron chi connectivity index (χ1n) is 5.77. The Bertz CT molecular complexity index is 343. The molecule has 3 nitrogen and oxygen atoms in total. The molecule has 1 N–H and O–H groups in total. The van der Waals surface area contributed by atoms with Gasteiger partial charge >= 0.3 is 0 Å². The van der Waals surface area contributed by atoms with Crippen molar-refractivity contribution >= 4 is 0 Å². The summed E-state index contributed by atoms with van der Waals surface area (Å²) in [4.78, 5) is 0. The van der Waals surface area contributed by atoms with E-state index in [2.05, 4.69) is 0 Å². The summed E-state index contributed by atoms with van der Waals surface area (Å²) in [5.41, 5.74) is 1.04. The molecule has 0 atom stereocenters. The Morgan fingerprint density at radius 2 is 2.06 bits per heavy atom. The second-order valence-electron chi connectivity index (χ2n) is 4.22. The molecule has 1 aromatic rings. The van der Waals surface area contributed by atoms with Gasteiger partial charge in [0.15, 0.2) is 11.5 Å². The number of phenolic OH excluding ortho intramolecular Hbond substituents is 1. The average Bonchev–Trinajstić information content (AvgIpc) is 2.81. The summed E-state index contributed by atoms with van der Waals surface area (Å²) < 4.78 is 10.8. The molecular weight excluding hydrogens is 204 g/mol. The highest BCUT2D eigenvalue weighted by atomic mass is 16.5. The third-order valence-electron chi connectivity index (χ3n) is 3.03. The van der Waals surface area contributed by atoms with Crippen molar-refractivity contribution in [2.24, 2.45) is 0 Å². The molecule has 2 rings (SSSR count). The highest BCUT2D eigenvalue weighted by Gasteiger charge is 2.15. The number of phenols is 1. The van der Waals surface area contributed by atoms with Crippen molar-refractivity contribution < 1.29 is 14.6 Å². The van der Waals surface area contributed by atoms with Gasteiger partial charge in [0.1, 0.15) is 0 Å². The minimum absolute atomic E-state index is 0.173. The molecule has 1 fully saturated rings. The van der Waals surface area contributed by atoms with Crippen molar-refractivity contribution in [3.8, 4) is 11.5 Å². The largest absolute Gasteiger partial charge is 0.504 e. The fourth-order valence-corrected chi connectivity index (χ4v) is 2.08. The number of aromatic hydroxyl groups is 1. The fourth-order valence-electron chi connectivity index (χ4n) is 2.08. The second kappa shape index (κ2) is 5.21. The van der Waals surface area contributed by atoms with E-state index >= 15 is 0 Å². The van der Waals surface area contributed by atoms with Crippen LogP contribution in [0.4, 0.5) is 0 Å². The zero-order chi connectivity index (χ0) is 11.4. The number of ether oxygens (including phenoxy) is 2. The van der Waals surface area contributed by atoms with Crippen LogP contribution in [0.3, 0.4) is 0 Å². The zero-order valence-corrected chi connectivity index (χ0v) is 9.61. The number of rotatable bonds is 4. The highest BCUT2D eigenvalue weighted by molar-refractivity contribution is 5.41. The number of hydrogen-bond acceptors (Lipinski definition) is 3. The van der Waals surface area contributed by atoms with Gasteiger partial charge in [-0.1, -0.05) is 18.9 Å². The van der Waals surface area contributed by atoms with Crippen LogP contribution in [-0.4, -0.2) is 18.3 Å². The van der Waals surface area contributed by atoms with E-state index in [0.717, 1.165) is 5.56 Å². The van der Waals surface area contributed by atoms with E-state index in [4.69, 9.17) is 9.47 Å². The van der Waals surface area contributed by atoms with Gasteiger partial charge in [0.25, 0.3) is 0 Å². The summed E-state index contributed by atoms with van der Waals surface area (Å²) in [6, 6.07) is 5.34. The molecular formula is C13H18O3. The molecule has 0 unspecified atom stereocenters. The van der Waals surface area contributed by atoms with Crippen LogP contribution in [0.25, 0.3) is 0 Å². The van der Waals surface area contributed by atoms with Crippen LogP contribution < -0.4 is 4.74 Å². The van der Waals surface area contributed by atoms with Crippen molar-refractivity contribution in [1.82, 2.24) is 0 Å². The van der Waals surface area contributed by atoms with Crippen molar-refractivity contribution in [3.63, 3.8) is 0 Å². The number of hydrogen-bond donors (Lipinski definition) is 1. The molecule has 0 spiro atoms. The Labute approximate surface area is 96.0 Å². The number of methoxy groups -OCH3 is 1. The van der Waals surface area contributed by atoms with Gasteiger partial charge < -0.3 is 14.6 Å². The van der Waals surface area contributed by atoms with Crippen LogP contribution in [0.15, 0.2) is 18.2 Å². The molecule has 0 radical (unpaired) electrons. The van der Waals surface area contributed by atoms with Gasteiger partial charge in [0.2, 0.25) is 0 Å². The lowest BCUT2D eigenvalue weighted by Crippen LogP contribution is -2.07. The molecule has 0 aromatic heterocycles. The van der Waals surface area contributed by atoms with E-state index in [1.807, 2.05) is 12.1 Å². The first-order chi connectivity index (χ1) is 7.79. The molecule has 0 aliphatic heterocycles. The van der Waals surface area contributed by atoms with Gasteiger partial charge in [-0.3, -0.25) is 0 Å². The first kappa shape index (κ1) is 11.3. The van der Waals surface area contributed by atoms with Gasteiger partial charge in [-0.15, -0.1) is 0 Å². The molecule has 16 heavy (non-hydrogen) atoms. The third-order valence-corrected chi connectivity index (χ3v) is 3.03. The van der Waals surface area contributed by atoms with Crippen molar-refractivity contribution in [2.75, 3.05) is 7.11 Å². The van der Waals surface area contributed by atoms with E-state index in [0.29, 0.717) is 18.5 Å². The molecule has 1 aliphatic carbocycles. The van der Waals surface area contributed by atoms with Crippen LogP contribution in [0.1, 0.15) is 31.2 Å². The molecule has 1 aliphatic rings. The summed E-state index contributed by atoms with van der Waals surface area (Å²) in [5, 5.41) is 9.45. The molecule has 0 saturated heterocycles. The van der Waals surface area contributed by atoms with Crippen molar-refractivity contribution in [1.29, 1.82) is 0 Å². The highest BCUT2D eigenvalue weighted by Crippen LogP contribution is 2.27. The summed E-state index contributed by atoms with van der Waals surface area (Å²) in [7, 11) is 1.55. The molecule has 1 saturated carbocycles. The zero-order valence-electron chi connectivity index (χ0n) is 9.61. The van der Waals surface area contributed by atoms with Crippen molar-refractivity contribution in [3.05, 3.63) is 23.8 Å². The minimum atomic E-state index is 0.173. The standard InChI is InChI=1S/C13H18O3/c1-15-13-8-10(6-7-12(13)14)9-16-11-4-2-3-5-11/h6-8,11,14H,2-5,9H2,1H3.